The summed E-state index contributed by atoms with van der Waals surface area (Å²) in [5.41, 5.74) is 4.98. The minimum absolute atomic E-state index is 0.0329. The van der Waals surface area contributed by atoms with Crippen LogP contribution in [0.25, 0.3) is 0 Å². The molecule has 0 spiro atoms. The maximum absolute atomic E-state index is 12.4. The van der Waals surface area contributed by atoms with Gasteiger partial charge in [0.05, 0.1) is 5.56 Å². The Morgan fingerprint density at radius 3 is 2.48 bits per heavy atom. The zero-order valence-corrected chi connectivity index (χ0v) is 10.7. The van der Waals surface area contributed by atoms with Crippen molar-refractivity contribution >= 4 is 11.9 Å². The van der Waals surface area contributed by atoms with Crippen molar-refractivity contribution in [1.29, 1.82) is 0 Å². The van der Waals surface area contributed by atoms with Crippen LogP contribution in [0.5, 0.6) is 0 Å². The number of nitrogens with two attached hydrogens (primary N) is 1. The third-order valence-electron chi connectivity index (χ3n) is 2.53. The van der Waals surface area contributed by atoms with E-state index in [1.807, 2.05) is 0 Å². The van der Waals surface area contributed by atoms with Crippen LogP contribution in [0.2, 0.25) is 0 Å². The molecule has 1 aromatic heterocycles. The average Bonchev–Trinajstić information content (AvgIpc) is 2.81. The molecule has 0 aliphatic carbocycles. The number of carbonyl (C=O) groups is 1. The minimum atomic E-state index is -4.39. The van der Waals surface area contributed by atoms with Crippen LogP contribution < -0.4 is 5.73 Å². The molecule has 21 heavy (non-hydrogen) atoms. The zero-order chi connectivity index (χ0) is 15.5. The molecule has 2 aromatic rings. The Kier molecular flexibility index (Phi) is 4.10. The number of halogens is 3. The minimum Gasteiger partial charge on any atom is -0.459 e. The molecular weight excluding hydrogens is 289 g/mol. The standard InChI is InChI=1S/C12H11F3N4O2/c13-12(14,15)9-3-1-8(2-4-9)6-21-10(20)5-19-7-17-11(16)18-19/h1-4,7H,5-6H2,(H2,16,18). The Bertz CT molecular complexity index is 622. The number of nitrogens with zero attached hydrogens (tertiary/aromatic N) is 3. The van der Waals surface area contributed by atoms with Crippen LogP contribution in [0, 0.1) is 0 Å². The molecule has 0 unspecified atom stereocenters. The van der Waals surface area contributed by atoms with Crippen LogP contribution in [0.1, 0.15) is 11.1 Å². The number of esters is 1. The molecule has 0 radical (unpaired) electrons. The topological polar surface area (TPSA) is 83.0 Å². The van der Waals surface area contributed by atoms with Gasteiger partial charge in [0.1, 0.15) is 19.5 Å². The summed E-state index contributed by atoms with van der Waals surface area (Å²) in [4.78, 5) is 15.1. The van der Waals surface area contributed by atoms with Crippen LogP contribution >= 0.6 is 0 Å². The average molecular weight is 300 g/mol. The van der Waals surface area contributed by atoms with Crippen molar-refractivity contribution in [2.75, 3.05) is 5.73 Å². The summed E-state index contributed by atoms with van der Waals surface area (Å²) in [6, 6.07) is 4.37. The molecule has 9 heteroatoms. The second kappa shape index (κ2) is 5.81. The van der Waals surface area contributed by atoms with E-state index in [0.717, 1.165) is 12.1 Å². The molecule has 0 aliphatic heterocycles. The van der Waals surface area contributed by atoms with E-state index in [9.17, 15) is 18.0 Å². The highest BCUT2D eigenvalue weighted by Crippen LogP contribution is 2.29. The van der Waals surface area contributed by atoms with Gasteiger partial charge in [0.2, 0.25) is 5.95 Å². The summed E-state index contributed by atoms with van der Waals surface area (Å²) >= 11 is 0. The van der Waals surface area contributed by atoms with Crippen LogP contribution in [0.15, 0.2) is 30.6 Å². The summed E-state index contributed by atoms with van der Waals surface area (Å²) in [6.07, 6.45) is -3.11. The highest BCUT2D eigenvalue weighted by Gasteiger charge is 2.29. The fourth-order valence-corrected chi connectivity index (χ4v) is 1.52. The SMILES string of the molecule is Nc1ncn(CC(=O)OCc2ccc(C(F)(F)F)cc2)n1. The normalized spacial score (nSPS) is 11.4. The molecule has 0 atom stereocenters. The highest BCUT2D eigenvalue weighted by atomic mass is 19.4. The fourth-order valence-electron chi connectivity index (χ4n) is 1.52. The summed E-state index contributed by atoms with van der Waals surface area (Å²) in [5, 5.41) is 3.70. The van der Waals surface area contributed by atoms with Crippen molar-refractivity contribution in [1.82, 2.24) is 14.8 Å². The van der Waals surface area contributed by atoms with E-state index in [1.165, 1.54) is 23.1 Å². The Labute approximate surface area is 117 Å². The van der Waals surface area contributed by atoms with Crippen molar-refractivity contribution in [2.45, 2.75) is 19.3 Å². The molecule has 112 valence electrons. The largest absolute Gasteiger partial charge is 0.459 e. The number of ether oxygens (including phenoxy) is 1. The van der Waals surface area contributed by atoms with Gasteiger partial charge in [0.25, 0.3) is 0 Å². The maximum Gasteiger partial charge on any atom is 0.416 e. The van der Waals surface area contributed by atoms with Gasteiger partial charge in [-0.25, -0.2) is 9.67 Å². The number of benzene rings is 1. The molecule has 0 aliphatic rings. The molecule has 0 saturated heterocycles. The summed E-state index contributed by atoms with van der Waals surface area (Å²) in [6.45, 7) is -0.300. The smallest absolute Gasteiger partial charge is 0.416 e. The second-order valence-electron chi connectivity index (χ2n) is 4.16. The van der Waals surface area contributed by atoms with Gasteiger partial charge < -0.3 is 10.5 Å². The van der Waals surface area contributed by atoms with E-state index in [2.05, 4.69) is 10.1 Å². The molecule has 0 bridgehead atoms. The van der Waals surface area contributed by atoms with Crippen molar-refractivity contribution in [3.05, 3.63) is 41.7 Å². The predicted molar refractivity (Wildman–Crippen MR) is 65.7 cm³/mol. The second-order valence-corrected chi connectivity index (χ2v) is 4.16. The van der Waals surface area contributed by atoms with E-state index in [1.54, 1.807) is 0 Å². The summed E-state index contributed by atoms with van der Waals surface area (Å²) < 4.78 is 43.2. The first-order valence-corrected chi connectivity index (χ1v) is 5.81. The van der Waals surface area contributed by atoms with E-state index in [0.29, 0.717) is 5.56 Å². The number of anilines is 1. The van der Waals surface area contributed by atoms with Gasteiger partial charge in [0, 0.05) is 0 Å². The third-order valence-corrected chi connectivity index (χ3v) is 2.53. The Morgan fingerprint density at radius 1 is 1.29 bits per heavy atom. The monoisotopic (exact) mass is 300 g/mol. The maximum atomic E-state index is 12.4. The van der Waals surface area contributed by atoms with Crippen molar-refractivity contribution in [3.8, 4) is 0 Å². The molecule has 0 amide bonds. The lowest BCUT2D eigenvalue weighted by Crippen LogP contribution is -2.14. The molecule has 1 heterocycles. The van der Waals surface area contributed by atoms with E-state index in [-0.39, 0.29) is 19.1 Å². The number of alkyl halides is 3. The highest BCUT2D eigenvalue weighted by molar-refractivity contribution is 5.69. The number of aromatic nitrogens is 3. The van der Waals surface area contributed by atoms with Gasteiger partial charge in [0.15, 0.2) is 0 Å². The Morgan fingerprint density at radius 2 is 1.95 bits per heavy atom. The number of rotatable bonds is 4. The fraction of sp³-hybridized carbons (Fsp3) is 0.250. The summed E-state index contributed by atoms with van der Waals surface area (Å²) in [5.74, 6) is -0.565. The van der Waals surface area contributed by atoms with E-state index >= 15 is 0 Å². The number of nitrogen functional groups attached to an aromatic ring is 1. The lowest BCUT2D eigenvalue weighted by Gasteiger charge is -2.08. The number of hydrogen-bond acceptors (Lipinski definition) is 5. The molecule has 0 fully saturated rings. The molecule has 1 aromatic carbocycles. The molecular formula is C12H11F3N4O2. The van der Waals surface area contributed by atoms with Crippen LogP contribution in [-0.2, 0) is 28.9 Å². The van der Waals surface area contributed by atoms with Crippen LogP contribution in [0.4, 0.5) is 19.1 Å². The van der Waals surface area contributed by atoms with Gasteiger partial charge in [-0.1, -0.05) is 12.1 Å². The molecule has 6 nitrogen and oxygen atoms in total. The van der Waals surface area contributed by atoms with Crippen LogP contribution in [-0.4, -0.2) is 20.7 Å². The molecule has 2 N–H and O–H groups in total. The van der Waals surface area contributed by atoms with Crippen LogP contribution in [0.3, 0.4) is 0 Å². The van der Waals surface area contributed by atoms with Gasteiger partial charge in [-0.2, -0.15) is 13.2 Å². The van der Waals surface area contributed by atoms with Gasteiger partial charge in [-0.15, -0.1) is 5.10 Å². The Hall–Kier alpha value is -2.58. The third kappa shape index (κ3) is 4.20. The van der Waals surface area contributed by atoms with Crippen molar-refractivity contribution < 1.29 is 22.7 Å². The van der Waals surface area contributed by atoms with Crippen molar-refractivity contribution in [3.63, 3.8) is 0 Å². The first-order chi connectivity index (χ1) is 9.84. The summed E-state index contributed by atoms with van der Waals surface area (Å²) in [7, 11) is 0. The van der Waals surface area contributed by atoms with Gasteiger partial charge >= 0.3 is 12.1 Å². The van der Waals surface area contributed by atoms with Gasteiger partial charge in [-0.3, -0.25) is 4.79 Å². The van der Waals surface area contributed by atoms with Crippen molar-refractivity contribution in [2.24, 2.45) is 0 Å². The van der Waals surface area contributed by atoms with E-state index < -0.39 is 17.7 Å². The number of hydrogen-bond donors (Lipinski definition) is 1. The first kappa shape index (κ1) is 14.8. The van der Waals surface area contributed by atoms with E-state index in [4.69, 9.17) is 10.5 Å². The number of carbonyl (C=O) groups excluding carboxylic acids is 1. The first-order valence-electron chi connectivity index (χ1n) is 5.81. The predicted octanol–water partition coefficient (Wildman–Crippen LogP) is 1.62. The van der Waals surface area contributed by atoms with Gasteiger partial charge in [-0.05, 0) is 17.7 Å². The molecule has 2 rings (SSSR count). The zero-order valence-electron chi connectivity index (χ0n) is 10.7. The Balaban J connectivity index is 1.86. The lowest BCUT2D eigenvalue weighted by molar-refractivity contribution is -0.146. The molecule has 0 saturated carbocycles. The quantitative estimate of drug-likeness (QED) is 0.868. The lowest BCUT2D eigenvalue weighted by atomic mass is 10.1.